The topological polar surface area (TPSA) is 93.9 Å². The molecule has 1 saturated carbocycles. The zero-order valence-corrected chi connectivity index (χ0v) is 17.4. The molecule has 1 aromatic rings. The smallest absolute Gasteiger partial charge is 0.338 e. The highest BCUT2D eigenvalue weighted by Crippen LogP contribution is 2.36. The summed E-state index contributed by atoms with van der Waals surface area (Å²) in [4.78, 5) is 25.5. The Bertz CT molecular complexity index is 818. The molecule has 0 unspecified atom stereocenters. The average molecular weight is 420 g/mol. The number of allylic oxidation sites excluding steroid dienone is 1. The van der Waals surface area contributed by atoms with Crippen molar-refractivity contribution in [3.63, 3.8) is 0 Å². The molecule has 9 heteroatoms. The summed E-state index contributed by atoms with van der Waals surface area (Å²) in [6.45, 7) is 2.34. The summed E-state index contributed by atoms with van der Waals surface area (Å²) < 4.78 is 10.4. The van der Waals surface area contributed by atoms with Crippen molar-refractivity contribution in [2.24, 2.45) is 0 Å². The zero-order valence-electron chi connectivity index (χ0n) is 16.6. The van der Waals surface area contributed by atoms with Gasteiger partial charge in [0.15, 0.2) is 5.11 Å². The summed E-state index contributed by atoms with van der Waals surface area (Å²) in [7, 11) is 1.54. The number of benzene rings is 1. The molecule has 1 heterocycles. The number of non-ortho nitro benzene ring substituents is 1. The molecule has 0 radical (unpaired) electrons. The van der Waals surface area contributed by atoms with E-state index in [-0.39, 0.29) is 18.3 Å². The van der Waals surface area contributed by atoms with Gasteiger partial charge in [-0.2, -0.15) is 0 Å². The van der Waals surface area contributed by atoms with Gasteiger partial charge in [-0.1, -0.05) is 12.8 Å². The van der Waals surface area contributed by atoms with Crippen LogP contribution in [0.4, 0.5) is 5.69 Å². The van der Waals surface area contributed by atoms with E-state index in [1.807, 2.05) is 11.8 Å². The molecule has 1 aliphatic heterocycles. The largest absolute Gasteiger partial charge is 0.460 e. The fourth-order valence-corrected chi connectivity index (χ4v) is 4.36. The summed E-state index contributed by atoms with van der Waals surface area (Å²) in [5.41, 5.74) is 1.94. The fourth-order valence-electron chi connectivity index (χ4n) is 3.96. The van der Waals surface area contributed by atoms with Crippen molar-refractivity contribution in [1.29, 1.82) is 0 Å². The molecule has 29 heavy (non-hydrogen) atoms. The third kappa shape index (κ3) is 4.56. The molecule has 1 fully saturated rings. The van der Waals surface area contributed by atoms with Crippen LogP contribution in [0.15, 0.2) is 35.5 Å². The van der Waals surface area contributed by atoms with Crippen molar-refractivity contribution in [1.82, 2.24) is 10.2 Å². The molecule has 0 spiro atoms. The number of nitro groups is 1. The molecule has 0 aromatic heterocycles. The van der Waals surface area contributed by atoms with E-state index >= 15 is 0 Å². The van der Waals surface area contributed by atoms with Gasteiger partial charge in [-0.15, -0.1) is 0 Å². The normalized spacial score (nSPS) is 20.0. The summed E-state index contributed by atoms with van der Waals surface area (Å²) in [5.74, 6) is -0.444. The van der Waals surface area contributed by atoms with Crippen LogP contribution in [0.5, 0.6) is 0 Å². The first-order chi connectivity index (χ1) is 13.9. The van der Waals surface area contributed by atoms with E-state index in [1.165, 1.54) is 12.1 Å². The van der Waals surface area contributed by atoms with Crippen molar-refractivity contribution in [3.8, 4) is 0 Å². The van der Waals surface area contributed by atoms with E-state index in [0.717, 1.165) is 31.4 Å². The third-order valence-corrected chi connectivity index (χ3v) is 5.71. The van der Waals surface area contributed by atoms with Crippen LogP contribution < -0.4 is 5.32 Å². The molecule has 0 saturated heterocycles. The van der Waals surface area contributed by atoms with Gasteiger partial charge in [-0.3, -0.25) is 10.1 Å². The summed E-state index contributed by atoms with van der Waals surface area (Å²) in [6.07, 6.45) is 4.31. The van der Waals surface area contributed by atoms with Crippen LogP contribution in [0.2, 0.25) is 0 Å². The minimum Gasteiger partial charge on any atom is -0.460 e. The maximum Gasteiger partial charge on any atom is 0.338 e. The van der Waals surface area contributed by atoms with E-state index in [0.29, 0.717) is 22.9 Å². The molecular formula is C20H25N3O5S. The van der Waals surface area contributed by atoms with E-state index < -0.39 is 16.9 Å². The van der Waals surface area contributed by atoms with E-state index in [4.69, 9.17) is 21.7 Å². The number of methoxy groups -OCH3 is 1. The number of hydrogen-bond donors (Lipinski definition) is 1. The Hall–Kier alpha value is -2.52. The predicted molar refractivity (Wildman–Crippen MR) is 111 cm³/mol. The van der Waals surface area contributed by atoms with Gasteiger partial charge in [0, 0.05) is 31.0 Å². The maximum absolute atomic E-state index is 13.0. The number of hydrogen-bond acceptors (Lipinski definition) is 6. The lowest BCUT2D eigenvalue weighted by Gasteiger charge is -2.40. The van der Waals surface area contributed by atoms with Gasteiger partial charge in [0.1, 0.15) is 6.61 Å². The highest BCUT2D eigenvalue weighted by molar-refractivity contribution is 7.80. The van der Waals surface area contributed by atoms with Crippen LogP contribution in [0.1, 0.15) is 44.2 Å². The summed E-state index contributed by atoms with van der Waals surface area (Å²) in [6, 6.07) is 5.85. The molecule has 1 aromatic carbocycles. The number of esters is 1. The van der Waals surface area contributed by atoms with Gasteiger partial charge >= 0.3 is 5.97 Å². The second-order valence-corrected chi connectivity index (χ2v) is 7.55. The number of nitrogens with zero attached hydrogens (tertiary/aromatic N) is 2. The number of carbonyl (C=O) groups is 1. The predicted octanol–water partition coefficient (Wildman–Crippen LogP) is 3.23. The summed E-state index contributed by atoms with van der Waals surface area (Å²) in [5, 5.41) is 14.8. The minimum absolute atomic E-state index is 0.00959. The number of carbonyl (C=O) groups excluding carboxylic acids is 1. The number of nitrogens with one attached hydrogen (secondary N) is 1. The second-order valence-electron chi connectivity index (χ2n) is 7.17. The van der Waals surface area contributed by atoms with Crippen molar-refractivity contribution in [2.75, 3.05) is 20.3 Å². The van der Waals surface area contributed by atoms with Gasteiger partial charge < -0.3 is 19.7 Å². The van der Waals surface area contributed by atoms with Crippen molar-refractivity contribution in [2.45, 2.75) is 44.7 Å². The van der Waals surface area contributed by atoms with Gasteiger partial charge in [-0.25, -0.2) is 4.79 Å². The van der Waals surface area contributed by atoms with Gasteiger partial charge in [0.25, 0.3) is 5.69 Å². The molecule has 0 amide bonds. The van der Waals surface area contributed by atoms with E-state index in [1.54, 1.807) is 19.2 Å². The molecule has 1 N–H and O–H groups in total. The molecule has 1 aliphatic carbocycles. The number of rotatable bonds is 7. The van der Waals surface area contributed by atoms with Crippen LogP contribution in [-0.2, 0) is 14.3 Å². The Morgan fingerprint density at radius 2 is 1.93 bits per heavy atom. The lowest BCUT2D eigenvalue weighted by atomic mass is 9.94. The Morgan fingerprint density at radius 1 is 1.28 bits per heavy atom. The van der Waals surface area contributed by atoms with Crippen molar-refractivity contribution < 1.29 is 19.2 Å². The second kappa shape index (κ2) is 9.32. The first-order valence-corrected chi connectivity index (χ1v) is 10.1. The van der Waals surface area contributed by atoms with Crippen LogP contribution >= 0.6 is 12.2 Å². The third-order valence-electron chi connectivity index (χ3n) is 5.39. The zero-order chi connectivity index (χ0) is 21.0. The van der Waals surface area contributed by atoms with Crippen molar-refractivity contribution >= 4 is 29.0 Å². The first kappa shape index (κ1) is 21.2. The van der Waals surface area contributed by atoms with Crippen LogP contribution in [0.25, 0.3) is 0 Å². The van der Waals surface area contributed by atoms with Crippen molar-refractivity contribution in [3.05, 3.63) is 51.2 Å². The monoisotopic (exact) mass is 419 g/mol. The molecule has 156 valence electrons. The summed E-state index contributed by atoms with van der Waals surface area (Å²) >= 11 is 5.63. The quantitative estimate of drug-likeness (QED) is 0.237. The van der Waals surface area contributed by atoms with E-state index in [9.17, 15) is 14.9 Å². The standard InChI is InChI=1S/C20H25N3O5S/c1-13-17(19(24)28-12-11-27-2)18(14-7-9-16(10-8-14)23(25)26)21-20(29)22(13)15-5-3-4-6-15/h7-10,15,18H,3-6,11-12H2,1-2H3,(H,21,29)/t18-/m0/s1. The lowest BCUT2D eigenvalue weighted by Crippen LogP contribution is -2.51. The molecule has 1 atom stereocenters. The molecule has 0 bridgehead atoms. The fraction of sp³-hybridized carbons (Fsp3) is 0.500. The average Bonchev–Trinajstić information content (AvgIpc) is 3.22. The molecular weight excluding hydrogens is 394 g/mol. The Balaban J connectivity index is 1.97. The van der Waals surface area contributed by atoms with Gasteiger partial charge in [0.2, 0.25) is 0 Å². The number of thiocarbonyl (C=S) groups is 1. The molecule has 3 rings (SSSR count). The van der Waals surface area contributed by atoms with Gasteiger partial charge in [-0.05, 0) is 49.7 Å². The molecule has 8 nitrogen and oxygen atoms in total. The van der Waals surface area contributed by atoms with Gasteiger partial charge in [0.05, 0.1) is 23.1 Å². The first-order valence-electron chi connectivity index (χ1n) is 9.65. The highest BCUT2D eigenvalue weighted by Gasteiger charge is 2.38. The SMILES string of the molecule is COCCOC(=O)C1=C(C)N(C2CCCC2)C(=S)N[C@H]1c1ccc([N+](=O)[O-])cc1. The Labute approximate surface area is 175 Å². The minimum atomic E-state index is -0.531. The molecule has 2 aliphatic rings. The van der Waals surface area contributed by atoms with E-state index in [2.05, 4.69) is 5.32 Å². The maximum atomic E-state index is 13.0. The lowest BCUT2D eigenvalue weighted by molar-refractivity contribution is -0.384. The number of nitro benzene ring substituents is 1. The Morgan fingerprint density at radius 3 is 2.52 bits per heavy atom. The van der Waals surface area contributed by atoms with Crippen LogP contribution in [-0.4, -0.2) is 47.3 Å². The number of ether oxygens (including phenoxy) is 2. The highest BCUT2D eigenvalue weighted by atomic mass is 32.1. The van der Waals surface area contributed by atoms with Crippen LogP contribution in [0.3, 0.4) is 0 Å². The van der Waals surface area contributed by atoms with Crippen LogP contribution in [0, 0.1) is 10.1 Å². The Kier molecular flexibility index (Phi) is 6.81.